The number of benzene rings is 3. The molecule has 1 fully saturated rings. The van der Waals surface area contributed by atoms with Crippen LogP contribution < -0.4 is 9.80 Å². The quantitative estimate of drug-likeness (QED) is 0.289. The van der Waals surface area contributed by atoms with Gasteiger partial charge in [-0.05, 0) is 65.4 Å². The Morgan fingerprint density at radius 1 is 0.838 bits per heavy atom. The molecular formula is C33H38N2O2. The van der Waals surface area contributed by atoms with Gasteiger partial charge in [-0.2, -0.15) is 0 Å². The molecule has 0 saturated heterocycles. The van der Waals surface area contributed by atoms with Crippen molar-refractivity contribution in [3.05, 3.63) is 90.0 Å². The molecule has 3 aromatic rings. The molecule has 192 valence electrons. The molecule has 3 aromatic carbocycles. The van der Waals surface area contributed by atoms with Crippen molar-refractivity contribution in [1.29, 1.82) is 0 Å². The molecule has 0 bridgehead atoms. The number of ketones is 1. The summed E-state index contributed by atoms with van der Waals surface area (Å²) in [5.41, 5.74) is 6.41. The van der Waals surface area contributed by atoms with Gasteiger partial charge in [0, 0.05) is 37.8 Å². The molecule has 0 atom stereocenters. The lowest BCUT2D eigenvalue weighted by atomic mass is 9.88. The van der Waals surface area contributed by atoms with Gasteiger partial charge in [-0.15, -0.1) is 0 Å². The van der Waals surface area contributed by atoms with Crippen LogP contribution in [0.4, 0.5) is 11.4 Å². The number of anilines is 2. The average molecular weight is 495 g/mol. The number of carbonyl (C=O) groups is 2. The second-order valence-electron chi connectivity index (χ2n) is 10.1. The van der Waals surface area contributed by atoms with Gasteiger partial charge in [-0.25, -0.2) is 0 Å². The van der Waals surface area contributed by atoms with Crippen molar-refractivity contribution in [2.75, 3.05) is 23.9 Å². The van der Waals surface area contributed by atoms with Gasteiger partial charge in [0.2, 0.25) is 5.91 Å². The third-order valence-electron chi connectivity index (χ3n) is 7.22. The number of hydrogen-bond donors (Lipinski definition) is 0. The van der Waals surface area contributed by atoms with Crippen LogP contribution in [0.15, 0.2) is 78.9 Å². The first-order chi connectivity index (χ1) is 17.9. The lowest BCUT2D eigenvalue weighted by molar-refractivity contribution is -0.123. The highest BCUT2D eigenvalue weighted by Gasteiger charge is 2.27. The molecule has 1 aliphatic rings. The van der Waals surface area contributed by atoms with E-state index in [4.69, 9.17) is 0 Å². The third kappa shape index (κ3) is 6.97. The van der Waals surface area contributed by atoms with E-state index in [2.05, 4.69) is 53.4 Å². The Morgan fingerprint density at radius 2 is 1.49 bits per heavy atom. The number of allylic oxidation sites excluding steroid dienone is 1. The highest BCUT2D eigenvalue weighted by molar-refractivity contribution is 5.96. The fraction of sp³-hybridized carbons (Fsp3) is 0.333. The minimum Gasteiger partial charge on any atom is -0.378 e. The summed E-state index contributed by atoms with van der Waals surface area (Å²) >= 11 is 0. The summed E-state index contributed by atoms with van der Waals surface area (Å²) in [6.07, 6.45) is 9.32. The zero-order valence-electron chi connectivity index (χ0n) is 22.3. The van der Waals surface area contributed by atoms with Crippen molar-refractivity contribution in [3.63, 3.8) is 0 Å². The predicted octanol–water partition coefficient (Wildman–Crippen LogP) is 7.53. The summed E-state index contributed by atoms with van der Waals surface area (Å²) in [6, 6.07) is 25.0. The fourth-order valence-corrected chi connectivity index (χ4v) is 4.91. The molecule has 1 aliphatic carbocycles. The number of hydrogen-bond acceptors (Lipinski definition) is 3. The second-order valence-corrected chi connectivity index (χ2v) is 10.1. The van der Waals surface area contributed by atoms with Gasteiger partial charge in [-0.3, -0.25) is 9.59 Å². The molecule has 1 saturated carbocycles. The molecule has 0 N–H and O–H groups in total. The lowest BCUT2D eigenvalue weighted by Crippen LogP contribution is -2.36. The summed E-state index contributed by atoms with van der Waals surface area (Å²) in [5, 5.41) is 0. The minimum atomic E-state index is 0.0732. The monoisotopic (exact) mass is 494 g/mol. The Kier molecular flexibility index (Phi) is 8.95. The SMILES string of the molecule is CCC(=O)/C=C/c1cccc(N(Cc2ccc(-c3ccc(N(C)C)cc3)cc2)C(=O)C2CCCCC2)c1. The molecule has 0 aliphatic heterocycles. The van der Waals surface area contributed by atoms with Crippen molar-refractivity contribution in [1.82, 2.24) is 0 Å². The largest absolute Gasteiger partial charge is 0.378 e. The van der Waals surface area contributed by atoms with E-state index in [1.54, 1.807) is 6.08 Å². The molecular weight excluding hydrogens is 456 g/mol. The molecule has 1 amide bonds. The summed E-state index contributed by atoms with van der Waals surface area (Å²) in [4.78, 5) is 29.6. The smallest absolute Gasteiger partial charge is 0.230 e. The van der Waals surface area contributed by atoms with Crippen molar-refractivity contribution >= 4 is 29.1 Å². The Labute approximate surface area is 221 Å². The van der Waals surface area contributed by atoms with Crippen LogP contribution in [0.25, 0.3) is 17.2 Å². The Hall–Kier alpha value is -3.66. The van der Waals surface area contributed by atoms with E-state index in [1.165, 1.54) is 17.7 Å². The lowest BCUT2D eigenvalue weighted by Gasteiger charge is -2.30. The molecule has 0 unspecified atom stereocenters. The van der Waals surface area contributed by atoms with Crippen LogP contribution in [-0.2, 0) is 16.1 Å². The van der Waals surface area contributed by atoms with Crippen LogP contribution in [0, 0.1) is 5.92 Å². The molecule has 0 heterocycles. The molecule has 37 heavy (non-hydrogen) atoms. The van der Waals surface area contributed by atoms with Crippen molar-refractivity contribution < 1.29 is 9.59 Å². The predicted molar refractivity (Wildman–Crippen MR) is 155 cm³/mol. The van der Waals surface area contributed by atoms with E-state index in [-0.39, 0.29) is 17.6 Å². The maximum atomic E-state index is 13.8. The summed E-state index contributed by atoms with van der Waals surface area (Å²) in [5.74, 6) is 0.370. The first kappa shape index (κ1) is 26.4. The van der Waals surface area contributed by atoms with Gasteiger partial charge >= 0.3 is 0 Å². The van der Waals surface area contributed by atoms with Gasteiger partial charge in [0.1, 0.15) is 0 Å². The average Bonchev–Trinajstić information content (AvgIpc) is 2.95. The maximum absolute atomic E-state index is 13.8. The van der Waals surface area contributed by atoms with Gasteiger partial charge < -0.3 is 9.80 Å². The van der Waals surface area contributed by atoms with Crippen LogP contribution in [0.5, 0.6) is 0 Å². The number of amides is 1. The van der Waals surface area contributed by atoms with E-state index >= 15 is 0 Å². The molecule has 0 spiro atoms. The van der Waals surface area contributed by atoms with E-state index in [0.29, 0.717) is 13.0 Å². The van der Waals surface area contributed by atoms with E-state index in [0.717, 1.165) is 48.1 Å². The van der Waals surface area contributed by atoms with Crippen molar-refractivity contribution in [2.45, 2.75) is 52.0 Å². The maximum Gasteiger partial charge on any atom is 0.230 e. The van der Waals surface area contributed by atoms with Crippen LogP contribution in [0.3, 0.4) is 0 Å². The standard InChI is InChI=1S/C33H38N2O2/c1-4-32(36)22-15-25-9-8-12-31(23-25)35(33(37)29-10-6-5-7-11-29)24-26-13-16-27(17-14-26)28-18-20-30(21-19-28)34(2)3/h8-9,12-23,29H,4-7,10-11,24H2,1-3H3/b22-15+. The Bertz CT molecular complexity index is 1220. The van der Waals surface area contributed by atoms with Crippen molar-refractivity contribution in [2.24, 2.45) is 5.92 Å². The van der Waals surface area contributed by atoms with Crippen LogP contribution in [0.2, 0.25) is 0 Å². The summed E-state index contributed by atoms with van der Waals surface area (Å²) < 4.78 is 0. The van der Waals surface area contributed by atoms with Gasteiger partial charge in [-0.1, -0.05) is 80.8 Å². The molecule has 4 rings (SSSR count). The van der Waals surface area contributed by atoms with Gasteiger partial charge in [0.25, 0.3) is 0 Å². The zero-order chi connectivity index (χ0) is 26.2. The van der Waals surface area contributed by atoms with Crippen molar-refractivity contribution in [3.8, 4) is 11.1 Å². The third-order valence-corrected chi connectivity index (χ3v) is 7.22. The highest BCUT2D eigenvalue weighted by atomic mass is 16.2. The molecule has 4 nitrogen and oxygen atoms in total. The Balaban J connectivity index is 1.58. The zero-order valence-corrected chi connectivity index (χ0v) is 22.3. The van der Waals surface area contributed by atoms with Crippen LogP contribution in [0.1, 0.15) is 56.6 Å². The van der Waals surface area contributed by atoms with E-state index in [9.17, 15) is 9.59 Å². The Morgan fingerprint density at radius 3 is 2.11 bits per heavy atom. The second kappa shape index (κ2) is 12.5. The summed E-state index contributed by atoms with van der Waals surface area (Å²) in [7, 11) is 4.09. The molecule has 4 heteroatoms. The van der Waals surface area contributed by atoms with Crippen LogP contribution in [-0.4, -0.2) is 25.8 Å². The minimum absolute atomic E-state index is 0.0732. The highest BCUT2D eigenvalue weighted by Crippen LogP contribution is 2.30. The fourth-order valence-electron chi connectivity index (χ4n) is 4.91. The first-order valence-corrected chi connectivity index (χ1v) is 13.4. The molecule has 0 radical (unpaired) electrons. The number of rotatable bonds is 9. The molecule has 0 aromatic heterocycles. The normalized spacial score (nSPS) is 14.0. The van der Waals surface area contributed by atoms with Gasteiger partial charge in [0.15, 0.2) is 5.78 Å². The van der Waals surface area contributed by atoms with E-state index < -0.39 is 0 Å². The van der Waals surface area contributed by atoms with Crippen LogP contribution >= 0.6 is 0 Å². The summed E-state index contributed by atoms with van der Waals surface area (Å²) in [6.45, 7) is 2.38. The van der Waals surface area contributed by atoms with Gasteiger partial charge in [0.05, 0.1) is 6.54 Å². The first-order valence-electron chi connectivity index (χ1n) is 13.4. The number of carbonyl (C=O) groups excluding carboxylic acids is 2. The van der Waals surface area contributed by atoms with E-state index in [1.807, 2.05) is 56.3 Å². The number of nitrogens with zero attached hydrogens (tertiary/aromatic N) is 2. The topological polar surface area (TPSA) is 40.6 Å².